The normalized spacial score (nSPS) is 39.1. The second-order valence-electron chi connectivity index (χ2n) is 12.1. The second kappa shape index (κ2) is 6.61. The average molecular weight is 391 g/mol. The lowest BCUT2D eigenvalue weighted by molar-refractivity contribution is -0.0184. The highest BCUT2D eigenvalue weighted by molar-refractivity contribution is 6.74. The molecule has 2 nitrogen and oxygen atoms in total. The summed E-state index contributed by atoms with van der Waals surface area (Å²) >= 11 is 0. The second-order valence-corrected chi connectivity index (χ2v) is 16.9. The van der Waals surface area contributed by atoms with Crippen molar-refractivity contribution in [2.75, 3.05) is 0 Å². The highest BCUT2D eigenvalue weighted by Crippen LogP contribution is 2.76. The fourth-order valence-corrected chi connectivity index (χ4v) is 7.17. The Labute approximate surface area is 169 Å². The number of hydrogen-bond acceptors (Lipinski definition) is 2. The first-order chi connectivity index (χ1) is 12.2. The largest absolute Gasteiger partial charge is 0.414 e. The molecule has 3 saturated carbocycles. The Bertz CT molecular complexity index is 629. The molecule has 0 bridgehead atoms. The summed E-state index contributed by atoms with van der Waals surface area (Å²) in [4.78, 5) is 0. The molecule has 0 aromatic carbocycles. The summed E-state index contributed by atoms with van der Waals surface area (Å²) in [6, 6.07) is 0. The van der Waals surface area contributed by atoms with Crippen molar-refractivity contribution in [1.82, 2.24) is 0 Å². The highest BCUT2D eigenvalue weighted by Gasteiger charge is 2.70. The van der Waals surface area contributed by atoms with Gasteiger partial charge in [-0.05, 0) is 80.8 Å². The molecule has 3 heteroatoms. The van der Waals surface area contributed by atoms with Crippen molar-refractivity contribution in [2.24, 2.45) is 22.7 Å². The molecule has 0 amide bonds. The van der Waals surface area contributed by atoms with Gasteiger partial charge < -0.3 is 9.53 Å². The Kier molecular flexibility index (Phi) is 5.24. The first-order valence-electron chi connectivity index (χ1n) is 11.1. The van der Waals surface area contributed by atoms with Gasteiger partial charge in [-0.25, -0.2) is 0 Å². The fraction of sp³-hybridized carbons (Fsp3) is 0.917. The predicted octanol–water partition coefficient (Wildman–Crippen LogP) is 6.15. The van der Waals surface area contributed by atoms with Crippen LogP contribution in [-0.4, -0.2) is 25.1 Å². The molecule has 3 aliphatic rings. The zero-order valence-corrected chi connectivity index (χ0v) is 20.0. The molecular formula is C24H42O2Si. The van der Waals surface area contributed by atoms with Gasteiger partial charge in [0.05, 0.1) is 5.60 Å². The van der Waals surface area contributed by atoms with Gasteiger partial charge in [0.1, 0.15) is 0 Å². The Hall–Kier alpha value is -0.303. The predicted molar refractivity (Wildman–Crippen MR) is 116 cm³/mol. The van der Waals surface area contributed by atoms with Crippen LogP contribution in [0.2, 0.25) is 18.1 Å². The van der Waals surface area contributed by atoms with E-state index < -0.39 is 13.9 Å². The summed E-state index contributed by atoms with van der Waals surface area (Å²) in [6.45, 7) is 18.1. The third kappa shape index (κ3) is 3.79. The number of fused-ring (bicyclic) bond motifs is 2. The summed E-state index contributed by atoms with van der Waals surface area (Å²) < 4.78 is 6.97. The van der Waals surface area contributed by atoms with E-state index in [0.717, 1.165) is 0 Å². The molecule has 3 rings (SSSR count). The number of rotatable bonds is 3. The molecule has 0 radical (unpaired) electrons. The molecule has 27 heavy (non-hydrogen) atoms. The Balaban J connectivity index is 1.74. The van der Waals surface area contributed by atoms with Gasteiger partial charge in [-0.1, -0.05) is 40.0 Å². The SMILES string of the molecule is CC(C)(O)CC#C[C@@H]1C[C@@]12CC[C@H]1[C@@H](O[Si](C)(C)C(C)(C)C)CCC[C@@]12C. The van der Waals surface area contributed by atoms with Gasteiger partial charge in [0.25, 0.3) is 0 Å². The lowest BCUT2D eigenvalue weighted by atomic mass is 9.62. The van der Waals surface area contributed by atoms with Crippen molar-refractivity contribution < 1.29 is 9.53 Å². The topological polar surface area (TPSA) is 29.5 Å². The van der Waals surface area contributed by atoms with Gasteiger partial charge in [-0.3, -0.25) is 0 Å². The molecule has 1 N–H and O–H groups in total. The molecular weight excluding hydrogens is 348 g/mol. The van der Waals surface area contributed by atoms with Gasteiger partial charge in [-0.2, -0.15) is 0 Å². The molecule has 1 spiro atoms. The van der Waals surface area contributed by atoms with Gasteiger partial charge >= 0.3 is 0 Å². The van der Waals surface area contributed by atoms with E-state index in [-0.39, 0.29) is 5.04 Å². The van der Waals surface area contributed by atoms with Crippen LogP contribution < -0.4 is 0 Å². The minimum Gasteiger partial charge on any atom is -0.414 e. The molecule has 5 atom stereocenters. The lowest BCUT2D eigenvalue weighted by Gasteiger charge is -2.49. The van der Waals surface area contributed by atoms with E-state index in [1.807, 2.05) is 13.8 Å². The summed E-state index contributed by atoms with van der Waals surface area (Å²) in [5.74, 6) is 8.10. The lowest BCUT2D eigenvalue weighted by Crippen LogP contribution is -2.50. The van der Waals surface area contributed by atoms with Crippen LogP contribution in [-0.2, 0) is 4.43 Å². The first-order valence-corrected chi connectivity index (χ1v) is 14.0. The maximum atomic E-state index is 9.94. The zero-order valence-electron chi connectivity index (χ0n) is 19.0. The van der Waals surface area contributed by atoms with E-state index >= 15 is 0 Å². The van der Waals surface area contributed by atoms with Crippen LogP contribution in [0, 0.1) is 34.5 Å². The minimum atomic E-state index is -1.73. The maximum absolute atomic E-state index is 9.94. The van der Waals surface area contributed by atoms with Gasteiger partial charge in [0.2, 0.25) is 0 Å². The number of hydrogen-bond donors (Lipinski definition) is 1. The number of aliphatic hydroxyl groups is 1. The molecule has 3 fully saturated rings. The first kappa shape index (κ1) is 21.4. The molecule has 0 aliphatic heterocycles. The minimum absolute atomic E-state index is 0.280. The molecule has 3 aliphatic carbocycles. The Morgan fingerprint density at radius 3 is 2.37 bits per heavy atom. The smallest absolute Gasteiger partial charge is 0.192 e. The standard InChI is InChI=1S/C24H42O2Si/c1-21(2,3)27(7,8)26-20-12-10-15-23(6)19(20)13-16-24(23)17-18(24)11-9-14-22(4,5)25/h18-20,25H,10,12-17H2,1-8H3/t18-,19+,20+,23+,24+/m1/s1. The van der Waals surface area contributed by atoms with Crippen LogP contribution in [0.1, 0.15) is 86.5 Å². The van der Waals surface area contributed by atoms with Crippen molar-refractivity contribution in [3.05, 3.63) is 0 Å². The van der Waals surface area contributed by atoms with E-state index in [1.165, 1.54) is 38.5 Å². The highest BCUT2D eigenvalue weighted by atomic mass is 28.4. The van der Waals surface area contributed by atoms with Gasteiger partial charge in [0.15, 0.2) is 8.32 Å². The van der Waals surface area contributed by atoms with Crippen LogP contribution in [0.4, 0.5) is 0 Å². The summed E-state index contributed by atoms with van der Waals surface area (Å²) in [5, 5.41) is 10.2. The van der Waals surface area contributed by atoms with Crippen LogP contribution in [0.5, 0.6) is 0 Å². The molecule has 0 unspecified atom stereocenters. The third-order valence-corrected chi connectivity index (χ3v) is 13.1. The summed E-state index contributed by atoms with van der Waals surface area (Å²) in [7, 11) is -1.73. The quantitative estimate of drug-likeness (QED) is 0.463. The Morgan fingerprint density at radius 2 is 1.78 bits per heavy atom. The fourth-order valence-electron chi connectivity index (χ4n) is 5.78. The van der Waals surface area contributed by atoms with Crippen molar-refractivity contribution in [3.8, 4) is 11.8 Å². The van der Waals surface area contributed by atoms with Crippen molar-refractivity contribution >= 4 is 8.32 Å². The van der Waals surface area contributed by atoms with Crippen molar-refractivity contribution in [1.29, 1.82) is 0 Å². The maximum Gasteiger partial charge on any atom is 0.192 e. The van der Waals surface area contributed by atoms with E-state index in [2.05, 4.69) is 52.6 Å². The van der Waals surface area contributed by atoms with Crippen molar-refractivity contribution in [3.63, 3.8) is 0 Å². The summed E-state index contributed by atoms with van der Waals surface area (Å²) in [6.07, 6.45) is 8.85. The molecule has 0 aromatic heterocycles. The van der Waals surface area contributed by atoms with E-state index in [9.17, 15) is 5.11 Å². The van der Waals surface area contributed by atoms with E-state index in [0.29, 0.717) is 35.2 Å². The molecule has 0 heterocycles. The molecule has 154 valence electrons. The third-order valence-electron chi connectivity index (χ3n) is 8.62. The van der Waals surface area contributed by atoms with Gasteiger partial charge in [-0.15, -0.1) is 5.92 Å². The van der Waals surface area contributed by atoms with E-state index in [1.54, 1.807) is 0 Å². The Morgan fingerprint density at radius 1 is 1.11 bits per heavy atom. The average Bonchev–Trinajstić information content (AvgIpc) is 3.10. The summed E-state index contributed by atoms with van der Waals surface area (Å²) in [5.41, 5.74) is 0.149. The van der Waals surface area contributed by atoms with E-state index in [4.69, 9.17) is 4.43 Å². The zero-order chi connectivity index (χ0) is 20.3. The molecule has 0 saturated heterocycles. The van der Waals surface area contributed by atoms with Gasteiger partial charge in [0, 0.05) is 18.4 Å². The molecule has 0 aromatic rings. The van der Waals surface area contributed by atoms with Crippen LogP contribution in [0.15, 0.2) is 0 Å². The van der Waals surface area contributed by atoms with Crippen molar-refractivity contribution in [2.45, 2.75) is 116 Å². The monoisotopic (exact) mass is 390 g/mol. The van der Waals surface area contributed by atoms with Crippen LogP contribution in [0.25, 0.3) is 0 Å². The van der Waals surface area contributed by atoms with Crippen LogP contribution in [0.3, 0.4) is 0 Å². The van der Waals surface area contributed by atoms with Crippen LogP contribution >= 0.6 is 0 Å².